The molecule has 1 fully saturated rings. The Morgan fingerprint density at radius 1 is 1.19 bits per heavy atom. The number of amides is 1. The number of nitrogens with zero attached hydrogens (tertiary/aromatic N) is 1. The number of rotatable bonds is 3. The van der Waals surface area contributed by atoms with Crippen LogP contribution in [0, 0.1) is 0 Å². The molecule has 1 amide bonds. The van der Waals surface area contributed by atoms with Gasteiger partial charge in [-0.25, -0.2) is 0 Å². The Balaban J connectivity index is 1.53. The predicted molar refractivity (Wildman–Crippen MR) is 102 cm³/mol. The van der Waals surface area contributed by atoms with Crippen LogP contribution < -0.4 is 4.74 Å². The maximum absolute atomic E-state index is 12.8. The summed E-state index contributed by atoms with van der Waals surface area (Å²) in [7, 11) is 1.70. The number of hydrogen-bond acceptors (Lipinski definition) is 4. The average Bonchev–Trinajstić information content (AvgIpc) is 2.73. The van der Waals surface area contributed by atoms with Crippen molar-refractivity contribution in [2.75, 3.05) is 26.8 Å². The molecule has 1 saturated heterocycles. The molecular weight excluding hydrogens is 342 g/mol. The molecule has 4 rings (SSSR count). The molecule has 0 aromatic heterocycles. The second-order valence-corrected chi connectivity index (χ2v) is 7.23. The maximum Gasteiger partial charge on any atom is 0.253 e. The van der Waals surface area contributed by atoms with Gasteiger partial charge in [0.1, 0.15) is 11.4 Å². The third-order valence-electron chi connectivity index (χ3n) is 5.78. The lowest BCUT2D eigenvalue weighted by molar-refractivity contribution is -0.0946. The third-order valence-corrected chi connectivity index (χ3v) is 5.78. The number of benzene rings is 2. The minimum atomic E-state index is -0.363. The van der Waals surface area contributed by atoms with Gasteiger partial charge in [0.05, 0.1) is 20.3 Å². The summed E-state index contributed by atoms with van der Waals surface area (Å²) in [5.41, 5.74) is 3.56. The fraction of sp³-hybridized carbons (Fsp3) is 0.409. The molecule has 0 saturated carbocycles. The second-order valence-electron chi connectivity index (χ2n) is 7.23. The quantitative estimate of drug-likeness (QED) is 0.906. The van der Waals surface area contributed by atoms with E-state index < -0.39 is 0 Å². The lowest BCUT2D eigenvalue weighted by Crippen LogP contribution is -2.48. The first-order chi connectivity index (χ1) is 13.2. The van der Waals surface area contributed by atoms with Crippen LogP contribution in [0.4, 0.5) is 0 Å². The average molecular weight is 367 g/mol. The van der Waals surface area contributed by atoms with E-state index in [1.807, 2.05) is 17.0 Å². The lowest BCUT2D eigenvalue weighted by atomic mass is 9.78. The third kappa shape index (κ3) is 3.22. The smallest absolute Gasteiger partial charge is 0.253 e. The van der Waals surface area contributed by atoms with Gasteiger partial charge in [0.2, 0.25) is 0 Å². The van der Waals surface area contributed by atoms with Crippen molar-refractivity contribution in [3.63, 3.8) is 0 Å². The first-order valence-corrected chi connectivity index (χ1v) is 9.46. The van der Waals surface area contributed by atoms with Crippen LogP contribution in [0.5, 0.6) is 5.75 Å². The predicted octanol–water partition coefficient (Wildman–Crippen LogP) is 2.89. The molecule has 27 heavy (non-hydrogen) atoms. The summed E-state index contributed by atoms with van der Waals surface area (Å²) in [6.07, 6.45) is 2.43. The molecule has 5 nitrogen and oxygen atoms in total. The van der Waals surface area contributed by atoms with Gasteiger partial charge in [-0.15, -0.1) is 0 Å². The Bertz CT molecular complexity index is 808. The van der Waals surface area contributed by atoms with Crippen LogP contribution >= 0.6 is 0 Å². The summed E-state index contributed by atoms with van der Waals surface area (Å²) in [5.74, 6) is 0.914. The zero-order chi connectivity index (χ0) is 18.9. The Morgan fingerprint density at radius 3 is 2.59 bits per heavy atom. The number of hydrogen-bond donors (Lipinski definition) is 1. The molecule has 1 spiro atoms. The van der Waals surface area contributed by atoms with Gasteiger partial charge in [-0.05, 0) is 48.6 Å². The van der Waals surface area contributed by atoms with Gasteiger partial charge in [0.25, 0.3) is 5.91 Å². The standard InChI is InChI=1S/C22H25NO4/c1-26-19-4-2-3-17-9-14-27-22(20(17)19)10-12-23(13-11-22)21(25)18-7-5-16(15-24)6-8-18/h2-8,24H,9-15H2,1H3. The lowest BCUT2D eigenvalue weighted by Gasteiger charge is -2.45. The van der Waals surface area contributed by atoms with Crippen molar-refractivity contribution >= 4 is 5.91 Å². The van der Waals surface area contributed by atoms with Gasteiger partial charge in [0.15, 0.2) is 0 Å². The Labute approximate surface area is 159 Å². The van der Waals surface area contributed by atoms with Crippen molar-refractivity contribution in [3.8, 4) is 5.75 Å². The van der Waals surface area contributed by atoms with Gasteiger partial charge in [-0.3, -0.25) is 4.79 Å². The van der Waals surface area contributed by atoms with Crippen molar-refractivity contribution in [1.29, 1.82) is 0 Å². The SMILES string of the molecule is COc1cccc2c1C1(CCN(C(=O)c3ccc(CO)cc3)CC1)OCC2. The molecule has 0 radical (unpaired) electrons. The number of likely N-dealkylation sites (tertiary alicyclic amines) is 1. The van der Waals surface area contributed by atoms with Crippen molar-refractivity contribution < 1.29 is 19.4 Å². The normalized spacial score (nSPS) is 18.2. The van der Waals surface area contributed by atoms with Crippen molar-refractivity contribution in [2.24, 2.45) is 0 Å². The monoisotopic (exact) mass is 367 g/mol. The topological polar surface area (TPSA) is 59.0 Å². The van der Waals surface area contributed by atoms with E-state index in [0.29, 0.717) is 25.3 Å². The van der Waals surface area contributed by atoms with E-state index in [1.54, 1.807) is 31.4 Å². The molecule has 5 heteroatoms. The molecular formula is C22H25NO4. The number of carbonyl (C=O) groups is 1. The van der Waals surface area contributed by atoms with Crippen LogP contribution in [-0.2, 0) is 23.4 Å². The zero-order valence-electron chi connectivity index (χ0n) is 15.6. The van der Waals surface area contributed by atoms with Crippen LogP contribution in [-0.4, -0.2) is 42.7 Å². The second kappa shape index (κ2) is 7.33. The molecule has 0 unspecified atom stereocenters. The van der Waals surface area contributed by atoms with E-state index in [4.69, 9.17) is 14.6 Å². The summed E-state index contributed by atoms with van der Waals surface area (Å²) in [5, 5.41) is 9.16. The molecule has 2 aliphatic rings. The molecule has 142 valence electrons. The molecule has 2 aliphatic heterocycles. The molecule has 0 bridgehead atoms. The first-order valence-electron chi connectivity index (χ1n) is 9.46. The summed E-state index contributed by atoms with van der Waals surface area (Å²) in [6.45, 7) is 1.99. The van der Waals surface area contributed by atoms with Crippen molar-refractivity contribution in [2.45, 2.75) is 31.5 Å². The van der Waals surface area contributed by atoms with Gasteiger partial charge in [-0.1, -0.05) is 24.3 Å². The number of fused-ring (bicyclic) bond motifs is 2. The summed E-state index contributed by atoms with van der Waals surface area (Å²) >= 11 is 0. The minimum Gasteiger partial charge on any atom is -0.496 e. The van der Waals surface area contributed by atoms with Crippen LogP contribution in [0.1, 0.15) is 39.9 Å². The highest BCUT2D eigenvalue weighted by atomic mass is 16.5. The molecule has 0 atom stereocenters. The van der Waals surface area contributed by atoms with Crippen LogP contribution in [0.3, 0.4) is 0 Å². The highest BCUT2D eigenvalue weighted by molar-refractivity contribution is 5.94. The Morgan fingerprint density at radius 2 is 1.93 bits per heavy atom. The molecule has 2 aromatic rings. The number of aliphatic hydroxyl groups excluding tert-OH is 1. The first kappa shape index (κ1) is 18.0. The molecule has 0 aliphatic carbocycles. The van der Waals surface area contributed by atoms with E-state index in [2.05, 4.69) is 6.07 Å². The van der Waals surface area contributed by atoms with E-state index in [-0.39, 0.29) is 18.1 Å². The fourth-order valence-electron chi connectivity index (χ4n) is 4.30. The largest absolute Gasteiger partial charge is 0.496 e. The van der Waals surface area contributed by atoms with Gasteiger partial charge < -0.3 is 19.5 Å². The van der Waals surface area contributed by atoms with Crippen LogP contribution in [0.15, 0.2) is 42.5 Å². The number of methoxy groups -OCH3 is 1. The maximum atomic E-state index is 12.8. The fourth-order valence-corrected chi connectivity index (χ4v) is 4.30. The van der Waals surface area contributed by atoms with Crippen molar-refractivity contribution in [3.05, 3.63) is 64.7 Å². The minimum absolute atomic E-state index is 0.0146. The van der Waals surface area contributed by atoms with Crippen molar-refractivity contribution in [1.82, 2.24) is 4.90 Å². The number of piperidine rings is 1. The highest BCUT2D eigenvalue weighted by Crippen LogP contribution is 2.45. The summed E-state index contributed by atoms with van der Waals surface area (Å²) in [4.78, 5) is 14.7. The Kier molecular flexibility index (Phi) is 4.89. The molecule has 2 heterocycles. The summed E-state index contributed by atoms with van der Waals surface area (Å²) < 4.78 is 11.9. The van der Waals surface area contributed by atoms with Gasteiger partial charge >= 0.3 is 0 Å². The van der Waals surface area contributed by atoms with E-state index in [9.17, 15) is 4.79 Å². The van der Waals surface area contributed by atoms with Crippen LogP contribution in [0.2, 0.25) is 0 Å². The molecule has 2 aromatic carbocycles. The van der Waals surface area contributed by atoms with Gasteiger partial charge in [-0.2, -0.15) is 0 Å². The van der Waals surface area contributed by atoms with Crippen LogP contribution in [0.25, 0.3) is 0 Å². The van der Waals surface area contributed by atoms with E-state index in [0.717, 1.165) is 36.1 Å². The number of ether oxygens (including phenoxy) is 2. The summed E-state index contributed by atoms with van der Waals surface area (Å²) in [6, 6.07) is 13.3. The van der Waals surface area contributed by atoms with E-state index >= 15 is 0 Å². The number of aliphatic hydroxyl groups is 1. The Hall–Kier alpha value is -2.37. The zero-order valence-corrected chi connectivity index (χ0v) is 15.6. The molecule has 1 N–H and O–H groups in total. The van der Waals surface area contributed by atoms with Gasteiger partial charge in [0, 0.05) is 24.2 Å². The van der Waals surface area contributed by atoms with E-state index in [1.165, 1.54) is 5.56 Å². The number of carbonyl (C=O) groups excluding carboxylic acids is 1. The highest BCUT2D eigenvalue weighted by Gasteiger charge is 2.43.